The molecule has 0 bridgehead atoms. The number of furan rings is 2. The largest absolute Gasteiger partial charge is 0.456 e. The van der Waals surface area contributed by atoms with E-state index in [1.54, 1.807) is 0 Å². The molecule has 0 radical (unpaired) electrons. The standard InChI is InChI=1S/C80H50N6O2/c1-3-19-57(20-4-1)85-71-25-13-11-23-69(71)81-79(85)53-29-33-59(34-30-53)83(61-37-27-51-15-7-9-17-55(51)47-61)63-39-41-67-75(49-63)87-73-45-43-66-65(77(67)73)44-46-74-78(66)68-42-40-64(50-76(68)88-74)84(62-38-28-52-16-8-10-18-56(52)48-62)60-35-31-54(32-36-60)80-82-70-24-12-14-26-72(70)86(80)58-21-5-2-6-22-58/h1-50H. The van der Waals surface area contributed by atoms with E-state index in [1.165, 1.54) is 10.8 Å². The molecule has 88 heavy (non-hydrogen) atoms. The quantitative estimate of drug-likeness (QED) is 0.136. The Morgan fingerprint density at radius 1 is 0.261 bits per heavy atom. The minimum Gasteiger partial charge on any atom is -0.456 e. The van der Waals surface area contributed by atoms with Crippen molar-refractivity contribution in [2.24, 2.45) is 0 Å². The van der Waals surface area contributed by atoms with Gasteiger partial charge in [-0.2, -0.15) is 0 Å². The summed E-state index contributed by atoms with van der Waals surface area (Å²) in [6.07, 6.45) is 0. The fourth-order valence-corrected chi connectivity index (χ4v) is 13.4. The Labute approximate surface area is 504 Å². The van der Waals surface area contributed by atoms with Crippen molar-refractivity contribution in [2.75, 3.05) is 9.80 Å². The van der Waals surface area contributed by atoms with Crippen LogP contribution in [0.4, 0.5) is 34.1 Å². The van der Waals surface area contributed by atoms with Crippen molar-refractivity contribution in [2.45, 2.75) is 0 Å². The van der Waals surface area contributed by atoms with Crippen molar-refractivity contribution in [3.05, 3.63) is 303 Å². The van der Waals surface area contributed by atoms with Crippen LogP contribution in [0.3, 0.4) is 0 Å². The molecule has 412 valence electrons. The molecule has 0 fully saturated rings. The average Bonchev–Trinajstić information content (AvgIpc) is 1.65. The van der Waals surface area contributed by atoms with Gasteiger partial charge >= 0.3 is 0 Å². The van der Waals surface area contributed by atoms with E-state index in [0.717, 1.165) is 156 Å². The monoisotopic (exact) mass is 1130 g/mol. The Kier molecular flexibility index (Phi) is 11.1. The van der Waals surface area contributed by atoms with Crippen LogP contribution in [0.25, 0.3) is 132 Å². The maximum absolute atomic E-state index is 6.89. The highest BCUT2D eigenvalue weighted by atomic mass is 16.3. The summed E-state index contributed by atoms with van der Waals surface area (Å²) in [5, 5.41) is 11.1. The summed E-state index contributed by atoms with van der Waals surface area (Å²) in [5.41, 5.74) is 17.5. The van der Waals surface area contributed by atoms with Crippen LogP contribution in [0.2, 0.25) is 0 Å². The third-order valence-electron chi connectivity index (χ3n) is 17.4. The molecular formula is C80H50N6O2. The van der Waals surface area contributed by atoms with Gasteiger partial charge in [0.05, 0.1) is 22.1 Å². The normalized spacial score (nSPS) is 11.9. The second-order valence-corrected chi connectivity index (χ2v) is 22.6. The van der Waals surface area contributed by atoms with Gasteiger partial charge in [-0.1, -0.05) is 121 Å². The molecule has 18 rings (SSSR count). The maximum atomic E-state index is 6.89. The molecular weight excluding hydrogens is 1080 g/mol. The number of hydrogen-bond acceptors (Lipinski definition) is 6. The lowest BCUT2D eigenvalue weighted by atomic mass is 9.99. The highest BCUT2D eigenvalue weighted by Crippen LogP contribution is 2.46. The van der Waals surface area contributed by atoms with E-state index in [1.807, 2.05) is 24.3 Å². The van der Waals surface area contributed by atoms with Gasteiger partial charge in [0.25, 0.3) is 0 Å². The van der Waals surface area contributed by atoms with Gasteiger partial charge in [0.1, 0.15) is 34.0 Å². The van der Waals surface area contributed by atoms with Gasteiger partial charge in [0.2, 0.25) is 0 Å². The van der Waals surface area contributed by atoms with Crippen LogP contribution < -0.4 is 9.80 Å². The van der Waals surface area contributed by atoms with Gasteiger partial charge in [-0.15, -0.1) is 0 Å². The summed E-state index contributed by atoms with van der Waals surface area (Å²) < 4.78 is 18.3. The molecule has 0 N–H and O–H groups in total. The van der Waals surface area contributed by atoms with Crippen LogP contribution in [-0.4, -0.2) is 19.1 Å². The van der Waals surface area contributed by atoms with Crippen molar-refractivity contribution >= 4 is 132 Å². The summed E-state index contributed by atoms with van der Waals surface area (Å²) >= 11 is 0. The van der Waals surface area contributed by atoms with Crippen molar-refractivity contribution < 1.29 is 8.83 Å². The van der Waals surface area contributed by atoms with Gasteiger partial charge in [-0.05, 0) is 202 Å². The van der Waals surface area contributed by atoms with Crippen LogP contribution >= 0.6 is 0 Å². The smallest absolute Gasteiger partial charge is 0.145 e. The second-order valence-electron chi connectivity index (χ2n) is 22.6. The van der Waals surface area contributed by atoms with Crippen molar-refractivity contribution in [1.82, 2.24) is 19.1 Å². The molecule has 0 aliphatic carbocycles. The molecule has 0 aliphatic heterocycles. The molecule has 0 unspecified atom stereocenters. The molecule has 4 heterocycles. The Balaban J connectivity index is 0.732. The SMILES string of the molecule is c1ccc(-n2c(-c3ccc(N(c4ccc5ccccc5c4)c4ccc5c(c4)oc4ccc6c(ccc7oc8cc(N(c9ccc(-c%10nc%11ccccc%11n%10-c%10ccccc%10)cc9)c9ccc%10ccccc%10c9)ccc8c76)c45)cc3)nc3ccccc32)cc1. The molecule has 14 aromatic carbocycles. The number of nitrogens with zero attached hydrogens (tertiary/aromatic N) is 6. The zero-order valence-electron chi connectivity index (χ0n) is 47.4. The number of fused-ring (bicyclic) bond motifs is 13. The zero-order valence-corrected chi connectivity index (χ0v) is 47.4. The lowest BCUT2D eigenvalue weighted by molar-refractivity contribution is 0.668. The van der Waals surface area contributed by atoms with Crippen LogP contribution in [0.1, 0.15) is 0 Å². The third-order valence-corrected chi connectivity index (χ3v) is 17.4. The molecule has 8 heteroatoms. The summed E-state index contributed by atoms with van der Waals surface area (Å²) in [5.74, 6) is 1.77. The van der Waals surface area contributed by atoms with Crippen molar-refractivity contribution in [1.29, 1.82) is 0 Å². The molecule has 0 spiro atoms. The van der Waals surface area contributed by atoms with Crippen LogP contribution in [0.5, 0.6) is 0 Å². The van der Waals surface area contributed by atoms with Gasteiger partial charge in [-0.25, -0.2) is 9.97 Å². The van der Waals surface area contributed by atoms with Crippen LogP contribution in [0, 0.1) is 0 Å². The predicted molar refractivity (Wildman–Crippen MR) is 363 cm³/mol. The van der Waals surface area contributed by atoms with E-state index >= 15 is 0 Å². The summed E-state index contributed by atoms with van der Waals surface area (Å²) in [4.78, 5) is 15.0. The topological polar surface area (TPSA) is 68.4 Å². The molecule has 4 aromatic heterocycles. The van der Waals surface area contributed by atoms with Crippen molar-refractivity contribution in [3.8, 4) is 34.2 Å². The molecule has 0 atom stereocenters. The molecule has 0 aliphatic rings. The molecule has 0 saturated carbocycles. The van der Waals surface area contributed by atoms with E-state index in [-0.39, 0.29) is 0 Å². The van der Waals surface area contributed by atoms with Gasteiger partial charge in [0, 0.05) is 90.3 Å². The summed E-state index contributed by atoms with van der Waals surface area (Å²) in [6.45, 7) is 0. The summed E-state index contributed by atoms with van der Waals surface area (Å²) in [7, 11) is 0. The second kappa shape index (κ2) is 19.8. The minimum absolute atomic E-state index is 0.803. The van der Waals surface area contributed by atoms with E-state index in [9.17, 15) is 0 Å². The first kappa shape index (κ1) is 49.4. The number of hydrogen-bond donors (Lipinski definition) is 0. The molecule has 0 amide bonds. The Hall–Kier alpha value is -12.0. The average molecular weight is 1130 g/mol. The molecule has 0 saturated heterocycles. The predicted octanol–water partition coefficient (Wildman–Crippen LogP) is 21.9. The highest BCUT2D eigenvalue weighted by molar-refractivity contribution is 6.27. The Morgan fingerprint density at radius 2 is 0.614 bits per heavy atom. The fourth-order valence-electron chi connectivity index (χ4n) is 13.4. The fraction of sp³-hybridized carbons (Fsp3) is 0. The third kappa shape index (κ3) is 8.00. The Morgan fingerprint density at radius 3 is 1.06 bits per heavy atom. The number of imidazole rings is 2. The molecule has 18 aromatic rings. The first-order valence-corrected chi connectivity index (χ1v) is 29.7. The maximum Gasteiger partial charge on any atom is 0.145 e. The van der Waals surface area contributed by atoms with E-state index in [2.05, 4.69) is 298 Å². The highest BCUT2D eigenvalue weighted by Gasteiger charge is 2.23. The van der Waals surface area contributed by atoms with E-state index in [4.69, 9.17) is 18.8 Å². The lowest BCUT2D eigenvalue weighted by Gasteiger charge is -2.26. The van der Waals surface area contributed by atoms with Gasteiger partial charge < -0.3 is 18.6 Å². The number of benzene rings is 14. The number of anilines is 6. The van der Waals surface area contributed by atoms with E-state index < -0.39 is 0 Å². The lowest BCUT2D eigenvalue weighted by Crippen LogP contribution is -2.10. The summed E-state index contributed by atoms with van der Waals surface area (Å²) in [6, 6.07) is 107. The van der Waals surface area contributed by atoms with Gasteiger partial charge in [0.15, 0.2) is 0 Å². The van der Waals surface area contributed by atoms with Gasteiger partial charge in [-0.3, -0.25) is 9.13 Å². The first-order chi connectivity index (χ1) is 43.6. The van der Waals surface area contributed by atoms with E-state index in [0.29, 0.717) is 0 Å². The van der Waals surface area contributed by atoms with Crippen LogP contribution in [-0.2, 0) is 0 Å². The number of rotatable bonds is 10. The number of para-hydroxylation sites is 6. The number of aromatic nitrogens is 4. The zero-order chi connectivity index (χ0) is 57.8. The van der Waals surface area contributed by atoms with Crippen LogP contribution in [0.15, 0.2) is 312 Å². The van der Waals surface area contributed by atoms with Crippen molar-refractivity contribution in [3.63, 3.8) is 0 Å². The minimum atomic E-state index is 0.803. The molecule has 8 nitrogen and oxygen atoms in total. The Bertz CT molecular complexity index is 5410. The first-order valence-electron chi connectivity index (χ1n) is 29.7.